The third-order valence-electron chi connectivity index (χ3n) is 2.46. The maximum atomic E-state index is 6.00. The van der Waals surface area contributed by atoms with Gasteiger partial charge in [0.2, 0.25) is 0 Å². The van der Waals surface area contributed by atoms with Crippen LogP contribution in [-0.4, -0.2) is 24.4 Å². The number of nitrogen functional groups attached to an aromatic ring is 1. The molecule has 18 heavy (non-hydrogen) atoms. The molecular weight excluding hydrogens is 254 g/mol. The second kappa shape index (κ2) is 5.10. The summed E-state index contributed by atoms with van der Waals surface area (Å²) >= 11 is 6.00. The Balaban J connectivity index is 2.54. The lowest BCUT2D eigenvalue weighted by molar-refractivity contribution is 0.355. The fourth-order valence-corrected chi connectivity index (χ4v) is 1.80. The molecule has 0 bridgehead atoms. The normalized spacial score (nSPS) is 10.2. The quantitative estimate of drug-likeness (QED) is 0.923. The SMILES string of the molecule is COc1ccc(-c2cc(N)nnc2Cl)cc1OC. The molecule has 94 valence electrons. The molecule has 1 aromatic carbocycles. The van der Waals surface area contributed by atoms with Crippen molar-refractivity contribution in [2.24, 2.45) is 0 Å². The molecule has 2 aromatic rings. The van der Waals surface area contributed by atoms with Crippen LogP contribution in [0.4, 0.5) is 5.82 Å². The predicted molar refractivity (Wildman–Crippen MR) is 70.0 cm³/mol. The van der Waals surface area contributed by atoms with E-state index in [-0.39, 0.29) is 5.15 Å². The number of nitrogens with zero attached hydrogens (tertiary/aromatic N) is 2. The zero-order valence-corrected chi connectivity index (χ0v) is 10.7. The topological polar surface area (TPSA) is 70.3 Å². The van der Waals surface area contributed by atoms with Crippen molar-refractivity contribution in [3.05, 3.63) is 29.4 Å². The van der Waals surface area contributed by atoms with Crippen LogP contribution in [0, 0.1) is 0 Å². The Bertz CT molecular complexity index is 575. The standard InChI is InChI=1S/C12H12ClN3O2/c1-17-9-4-3-7(5-10(9)18-2)8-6-11(14)15-16-12(8)13/h3-6H,1-2H3,(H2,14,15). The second-order valence-corrected chi connectivity index (χ2v) is 3.90. The number of anilines is 1. The number of rotatable bonds is 3. The Morgan fingerprint density at radius 1 is 1.06 bits per heavy atom. The molecule has 1 aromatic heterocycles. The van der Waals surface area contributed by atoms with Gasteiger partial charge in [0.05, 0.1) is 14.2 Å². The highest BCUT2D eigenvalue weighted by atomic mass is 35.5. The average Bonchev–Trinajstić information content (AvgIpc) is 2.40. The minimum Gasteiger partial charge on any atom is -0.493 e. The Kier molecular flexibility index (Phi) is 3.53. The Morgan fingerprint density at radius 3 is 2.44 bits per heavy atom. The molecule has 0 aliphatic rings. The third kappa shape index (κ3) is 2.31. The van der Waals surface area contributed by atoms with Gasteiger partial charge >= 0.3 is 0 Å². The summed E-state index contributed by atoms with van der Waals surface area (Å²) in [4.78, 5) is 0. The number of ether oxygens (including phenoxy) is 2. The summed E-state index contributed by atoms with van der Waals surface area (Å²) in [7, 11) is 3.15. The first kappa shape index (κ1) is 12.4. The first-order valence-electron chi connectivity index (χ1n) is 5.16. The monoisotopic (exact) mass is 265 g/mol. The van der Waals surface area contributed by atoms with Crippen LogP contribution in [-0.2, 0) is 0 Å². The molecule has 0 atom stereocenters. The van der Waals surface area contributed by atoms with Gasteiger partial charge in [-0.2, -0.15) is 0 Å². The maximum absolute atomic E-state index is 6.00. The summed E-state index contributed by atoms with van der Waals surface area (Å²) in [6.07, 6.45) is 0. The number of nitrogens with two attached hydrogens (primary N) is 1. The molecule has 0 saturated heterocycles. The van der Waals surface area contributed by atoms with Crippen LogP contribution in [0.25, 0.3) is 11.1 Å². The summed E-state index contributed by atoms with van der Waals surface area (Å²) in [6.45, 7) is 0. The van der Waals surface area contributed by atoms with Crippen molar-refractivity contribution >= 4 is 17.4 Å². The Hall–Kier alpha value is -2.01. The summed E-state index contributed by atoms with van der Waals surface area (Å²) in [5.74, 6) is 1.57. The number of hydrogen-bond acceptors (Lipinski definition) is 5. The molecule has 2 N–H and O–H groups in total. The smallest absolute Gasteiger partial charge is 0.161 e. The van der Waals surface area contributed by atoms with Gasteiger partial charge < -0.3 is 15.2 Å². The highest BCUT2D eigenvalue weighted by Gasteiger charge is 2.10. The lowest BCUT2D eigenvalue weighted by Crippen LogP contribution is -1.96. The average molecular weight is 266 g/mol. The molecule has 0 unspecified atom stereocenters. The third-order valence-corrected chi connectivity index (χ3v) is 2.74. The van der Waals surface area contributed by atoms with E-state index in [1.165, 1.54) is 0 Å². The number of aromatic nitrogens is 2. The zero-order chi connectivity index (χ0) is 13.1. The van der Waals surface area contributed by atoms with Gasteiger partial charge in [-0.15, -0.1) is 10.2 Å². The van der Waals surface area contributed by atoms with Gasteiger partial charge in [0, 0.05) is 5.56 Å². The van der Waals surface area contributed by atoms with E-state index in [1.807, 2.05) is 6.07 Å². The number of methoxy groups -OCH3 is 2. The number of benzene rings is 1. The molecule has 1 heterocycles. The Labute approximate surface area is 109 Å². The predicted octanol–water partition coefficient (Wildman–Crippen LogP) is 2.40. The molecule has 0 fully saturated rings. The van der Waals surface area contributed by atoms with Gasteiger partial charge in [0.1, 0.15) is 5.82 Å². The van der Waals surface area contributed by atoms with Crippen molar-refractivity contribution in [3.8, 4) is 22.6 Å². The van der Waals surface area contributed by atoms with Crippen LogP contribution < -0.4 is 15.2 Å². The fraction of sp³-hybridized carbons (Fsp3) is 0.167. The number of halogens is 1. The van der Waals surface area contributed by atoms with Gasteiger partial charge in [0.25, 0.3) is 0 Å². The maximum Gasteiger partial charge on any atom is 0.161 e. The lowest BCUT2D eigenvalue weighted by atomic mass is 10.1. The Morgan fingerprint density at radius 2 is 1.78 bits per heavy atom. The van der Waals surface area contributed by atoms with Gasteiger partial charge in [-0.05, 0) is 23.8 Å². The highest BCUT2D eigenvalue weighted by Crippen LogP contribution is 2.34. The molecule has 5 nitrogen and oxygen atoms in total. The van der Waals surface area contributed by atoms with Crippen molar-refractivity contribution in [2.75, 3.05) is 20.0 Å². The van der Waals surface area contributed by atoms with Crippen LogP contribution in [0.2, 0.25) is 5.15 Å². The van der Waals surface area contributed by atoms with Crippen molar-refractivity contribution < 1.29 is 9.47 Å². The summed E-state index contributed by atoms with van der Waals surface area (Å²) in [5, 5.41) is 7.74. The first-order valence-corrected chi connectivity index (χ1v) is 5.54. The summed E-state index contributed by atoms with van der Waals surface area (Å²) in [5.41, 5.74) is 7.14. The first-order chi connectivity index (χ1) is 8.65. The van der Waals surface area contributed by atoms with Crippen LogP contribution >= 0.6 is 11.6 Å². The number of hydrogen-bond donors (Lipinski definition) is 1. The van der Waals surface area contributed by atoms with E-state index in [0.29, 0.717) is 22.9 Å². The van der Waals surface area contributed by atoms with Crippen LogP contribution in [0.3, 0.4) is 0 Å². The largest absolute Gasteiger partial charge is 0.493 e. The molecule has 0 aliphatic heterocycles. The minimum absolute atomic E-state index is 0.288. The molecule has 0 spiro atoms. The van der Waals surface area contributed by atoms with E-state index in [2.05, 4.69) is 10.2 Å². The zero-order valence-electron chi connectivity index (χ0n) is 9.98. The van der Waals surface area contributed by atoms with Crippen molar-refractivity contribution in [2.45, 2.75) is 0 Å². The van der Waals surface area contributed by atoms with Crippen molar-refractivity contribution in [3.63, 3.8) is 0 Å². The molecule has 0 amide bonds. The van der Waals surface area contributed by atoms with Gasteiger partial charge in [0.15, 0.2) is 16.7 Å². The van der Waals surface area contributed by atoms with Crippen molar-refractivity contribution in [1.82, 2.24) is 10.2 Å². The van der Waals surface area contributed by atoms with Gasteiger partial charge in [-0.25, -0.2) is 0 Å². The van der Waals surface area contributed by atoms with Crippen LogP contribution in [0.1, 0.15) is 0 Å². The van der Waals surface area contributed by atoms with E-state index >= 15 is 0 Å². The van der Waals surface area contributed by atoms with Gasteiger partial charge in [-0.3, -0.25) is 0 Å². The highest BCUT2D eigenvalue weighted by molar-refractivity contribution is 6.32. The molecule has 0 radical (unpaired) electrons. The van der Waals surface area contributed by atoms with Crippen LogP contribution in [0.15, 0.2) is 24.3 Å². The summed E-state index contributed by atoms with van der Waals surface area (Å²) in [6, 6.07) is 7.11. The molecular formula is C12H12ClN3O2. The second-order valence-electron chi connectivity index (χ2n) is 3.54. The summed E-state index contributed by atoms with van der Waals surface area (Å²) < 4.78 is 10.4. The molecule has 2 rings (SSSR count). The van der Waals surface area contributed by atoms with Crippen LogP contribution in [0.5, 0.6) is 11.5 Å². The van der Waals surface area contributed by atoms with E-state index in [0.717, 1.165) is 5.56 Å². The fourth-order valence-electron chi connectivity index (χ4n) is 1.60. The van der Waals surface area contributed by atoms with E-state index in [1.54, 1.807) is 32.4 Å². The lowest BCUT2D eigenvalue weighted by Gasteiger charge is -2.10. The molecule has 0 saturated carbocycles. The van der Waals surface area contributed by atoms with E-state index in [9.17, 15) is 0 Å². The van der Waals surface area contributed by atoms with Crippen molar-refractivity contribution in [1.29, 1.82) is 0 Å². The molecule has 6 heteroatoms. The van der Waals surface area contributed by atoms with E-state index < -0.39 is 0 Å². The van der Waals surface area contributed by atoms with E-state index in [4.69, 9.17) is 26.8 Å². The minimum atomic E-state index is 0.288. The molecule has 0 aliphatic carbocycles. The van der Waals surface area contributed by atoms with Gasteiger partial charge in [-0.1, -0.05) is 17.7 Å².